The molecule has 1 nitrogen and oxygen atoms in total. The van der Waals surface area contributed by atoms with Gasteiger partial charge in [0.05, 0.1) is 0 Å². The topological polar surface area (TPSA) is 12.0 Å². The van der Waals surface area contributed by atoms with E-state index in [1.165, 1.54) is 25.3 Å². The first-order chi connectivity index (χ1) is 8.17. The quantitative estimate of drug-likeness (QED) is 0.902. The number of hydrogen-bond acceptors (Lipinski definition) is 2. The minimum atomic E-state index is -0.176. The summed E-state index contributed by atoms with van der Waals surface area (Å²) in [5.41, 5.74) is 1.00. The maximum Gasteiger partial charge on any atom is 0.124 e. The van der Waals surface area contributed by atoms with Crippen LogP contribution in [-0.2, 0) is 6.54 Å². The zero-order chi connectivity index (χ0) is 12.3. The second kappa shape index (κ2) is 6.21. The molecule has 0 amide bonds. The third-order valence-electron chi connectivity index (χ3n) is 3.24. The van der Waals surface area contributed by atoms with E-state index in [2.05, 4.69) is 27.5 Å². The number of thioether (sulfide) groups is 1. The van der Waals surface area contributed by atoms with Crippen molar-refractivity contribution < 1.29 is 4.39 Å². The van der Waals surface area contributed by atoms with Crippen molar-refractivity contribution in [2.24, 2.45) is 0 Å². The predicted octanol–water partition coefficient (Wildman–Crippen LogP) is 3.96. The Hall–Kier alpha value is -0.0600. The van der Waals surface area contributed by atoms with Gasteiger partial charge in [0, 0.05) is 22.3 Å². The predicted molar refractivity (Wildman–Crippen MR) is 75.9 cm³/mol. The minimum Gasteiger partial charge on any atom is -0.310 e. The fraction of sp³-hybridized carbons (Fsp3) is 0.538. The maximum atomic E-state index is 13.2. The lowest BCUT2D eigenvalue weighted by Crippen LogP contribution is -2.26. The Bertz CT molecular complexity index is 365. The van der Waals surface area contributed by atoms with Gasteiger partial charge in [-0.3, -0.25) is 0 Å². The van der Waals surface area contributed by atoms with Gasteiger partial charge in [-0.25, -0.2) is 4.39 Å². The molecular formula is C13H17BrFNS. The molecule has 4 heteroatoms. The van der Waals surface area contributed by atoms with E-state index in [0.29, 0.717) is 6.04 Å². The van der Waals surface area contributed by atoms with Gasteiger partial charge in [0.1, 0.15) is 5.82 Å². The summed E-state index contributed by atoms with van der Waals surface area (Å²) in [6.45, 7) is 0.752. The lowest BCUT2D eigenvalue weighted by molar-refractivity contribution is 0.523. The lowest BCUT2D eigenvalue weighted by Gasteiger charge is -2.13. The summed E-state index contributed by atoms with van der Waals surface area (Å²) < 4.78 is 14.0. The molecule has 2 unspecified atom stereocenters. The molecule has 2 rings (SSSR count). The number of nitrogens with one attached hydrogen (secondary N) is 1. The molecule has 17 heavy (non-hydrogen) atoms. The minimum absolute atomic E-state index is 0.176. The number of benzene rings is 1. The molecule has 0 aliphatic heterocycles. The molecule has 1 aromatic rings. The van der Waals surface area contributed by atoms with Gasteiger partial charge in [0.2, 0.25) is 0 Å². The molecule has 0 heterocycles. The van der Waals surface area contributed by atoms with E-state index in [-0.39, 0.29) is 5.82 Å². The number of rotatable bonds is 4. The van der Waals surface area contributed by atoms with Crippen LogP contribution in [0.5, 0.6) is 0 Å². The van der Waals surface area contributed by atoms with Crippen molar-refractivity contribution in [3.8, 4) is 0 Å². The van der Waals surface area contributed by atoms with Crippen molar-refractivity contribution >= 4 is 27.7 Å². The zero-order valence-electron chi connectivity index (χ0n) is 9.88. The van der Waals surface area contributed by atoms with Crippen LogP contribution in [0.4, 0.5) is 4.39 Å². The van der Waals surface area contributed by atoms with Gasteiger partial charge in [-0.05, 0) is 49.3 Å². The zero-order valence-corrected chi connectivity index (χ0v) is 12.3. The molecule has 1 aromatic carbocycles. The van der Waals surface area contributed by atoms with E-state index in [9.17, 15) is 4.39 Å². The molecule has 94 valence electrons. The normalized spacial score (nSPS) is 24.2. The summed E-state index contributed by atoms with van der Waals surface area (Å²) in [6, 6.07) is 5.65. The van der Waals surface area contributed by atoms with E-state index in [4.69, 9.17) is 0 Å². The van der Waals surface area contributed by atoms with E-state index in [0.717, 1.165) is 21.8 Å². The lowest BCUT2D eigenvalue weighted by atomic mass is 10.2. The van der Waals surface area contributed by atoms with Gasteiger partial charge < -0.3 is 5.32 Å². The highest BCUT2D eigenvalue weighted by molar-refractivity contribution is 9.10. The van der Waals surface area contributed by atoms with E-state index < -0.39 is 0 Å². The van der Waals surface area contributed by atoms with E-state index in [1.54, 1.807) is 6.07 Å². The summed E-state index contributed by atoms with van der Waals surface area (Å²) in [5, 5.41) is 4.31. The first-order valence-electron chi connectivity index (χ1n) is 5.88. The van der Waals surface area contributed by atoms with E-state index in [1.807, 2.05) is 17.8 Å². The molecule has 1 saturated carbocycles. The van der Waals surface area contributed by atoms with Crippen LogP contribution in [-0.4, -0.2) is 17.5 Å². The van der Waals surface area contributed by atoms with Gasteiger partial charge in [0.15, 0.2) is 0 Å². The molecule has 0 bridgehead atoms. The van der Waals surface area contributed by atoms with Crippen LogP contribution in [0.1, 0.15) is 24.8 Å². The first kappa shape index (κ1) is 13.4. The van der Waals surface area contributed by atoms with Crippen molar-refractivity contribution in [2.45, 2.75) is 37.1 Å². The smallest absolute Gasteiger partial charge is 0.124 e. The highest BCUT2D eigenvalue weighted by atomic mass is 79.9. The number of hydrogen-bond donors (Lipinski definition) is 1. The van der Waals surface area contributed by atoms with Crippen molar-refractivity contribution in [1.29, 1.82) is 0 Å². The molecule has 0 saturated heterocycles. The molecule has 2 atom stereocenters. The molecule has 0 spiro atoms. The Morgan fingerprint density at radius 2 is 2.24 bits per heavy atom. The summed E-state index contributed by atoms with van der Waals surface area (Å²) in [7, 11) is 0. The SMILES string of the molecule is CSC1CCC(NCc2cc(F)cc(Br)c2)C1. The van der Waals surface area contributed by atoms with Crippen molar-refractivity contribution in [1.82, 2.24) is 5.32 Å². The van der Waals surface area contributed by atoms with E-state index >= 15 is 0 Å². The summed E-state index contributed by atoms with van der Waals surface area (Å²) >= 11 is 5.27. The highest BCUT2D eigenvalue weighted by Crippen LogP contribution is 2.28. The molecule has 0 aromatic heterocycles. The third kappa shape index (κ3) is 3.97. The summed E-state index contributed by atoms with van der Waals surface area (Å²) in [4.78, 5) is 0. The Morgan fingerprint density at radius 1 is 1.41 bits per heavy atom. The Morgan fingerprint density at radius 3 is 2.88 bits per heavy atom. The van der Waals surface area contributed by atoms with Crippen LogP contribution in [0.3, 0.4) is 0 Å². The van der Waals surface area contributed by atoms with Crippen LogP contribution in [0, 0.1) is 5.82 Å². The monoisotopic (exact) mass is 317 g/mol. The fourth-order valence-corrected chi connectivity index (χ4v) is 3.62. The van der Waals surface area contributed by atoms with Gasteiger partial charge in [-0.15, -0.1) is 0 Å². The second-order valence-electron chi connectivity index (χ2n) is 4.53. The van der Waals surface area contributed by atoms with Crippen molar-refractivity contribution in [2.75, 3.05) is 6.26 Å². The van der Waals surface area contributed by atoms with Gasteiger partial charge in [-0.2, -0.15) is 11.8 Å². The Kier molecular flexibility index (Phi) is 4.88. The Labute approximate surface area is 115 Å². The van der Waals surface area contributed by atoms with Crippen LogP contribution in [0.25, 0.3) is 0 Å². The standard InChI is InChI=1S/C13H17BrFNS/c1-17-13-3-2-12(7-13)16-8-9-4-10(14)6-11(15)5-9/h4-6,12-13,16H,2-3,7-8H2,1H3. The van der Waals surface area contributed by atoms with Crippen LogP contribution in [0.15, 0.2) is 22.7 Å². The first-order valence-corrected chi connectivity index (χ1v) is 7.96. The molecule has 1 aliphatic carbocycles. The average Bonchev–Trinajstić information content (AvgIpc) is 2.73. The average molecular weight is 318 g/mol. The molecular weight excluding hydrogens is 301 g/mol. The largest absolute Gasteiger partial charge is 0.310 e. The summed E-state index contributed by atoms with van der Waals surface area (Å²) in [5.74, 6) is -0.176. The van der Waals surface area contributed by atoms with Gasteiger partial charge in [-0.1, -0.05) is 15.9 Å². The fourth-order valence-electron chi connectivity index (χ4n) is 2.31. The van der Waals surface area contributed by atoms with Crippen LogP contribution in [0.2, 0.25) is 0 Å². The number of halogens is 2. The van der Waals surface area contributed by atoms with Crippen molar-refractivity contribution in [3.63, 3.8) is 0 Å². The molecule has 1 fully saturated rings. The second-order valence-corrected chi connectivity index (χ2v) is 6.58. The maximum absolute atomic E-state index is 13.2. The molecule has 1 N–H and O–H groups in total. The molecule has 1 aliphatic rings. The summed E-state index contributed by atoms with van der Waals surface area (Å²) in [6.07, 6.45) is 5.95. The van der Waals surface area contributed by atoms with Crippen molar-refractivity contribution in [3.05, 3.63) is 34.1 Å². The Balaban J connectivity index is 1.85. The molecule has 0 radical (unpaired) electrons. The van der Waals surface area contributed by atoms with Crippen LogP contribution >= 0.6 is 27.7 Å². The van der Waals surface area contributed by atoms with Crippen LogP contribution < -0.4 is 5.32 Å². The van der Waals surface area contributed by atoms with Gasteiger partial charge in [0.25, 0.3) is 0 Å². The highest BCUT2D eigenvalue weighted by Gasteiger charge is 2.23. The third-order valence-corrected chi connectivity index (χ3v) is 4.79. The van der Waals surface area contributed by atoms with Gasteiger partial charge >= 0.3 is 0 Å².